The van der Waals surface area contributed by atoms with E-state index in [4.69, 9.17) is 0 Å². The molecule has 2 nitrogen and oxygen atoms in total. The fourth-order valence-corrected chi connectivity index (χ4v) is 8.66. The summed E-state index contributed by atoms with van der Waals surface area (Å²) in [7, 11) is 0. The van der Waals surface area contributed by atoms with Gasteiger partial charge in [-0.2, -0.15) is 0 Å². The van der Waals surface area contributed by atoms with Gasteiger partial charge in [-0.1, -0.05) is 153 Å². The van der Waals surface area contributed by atoms with E-state index < -0.39 is 0 Å². The Hall–Kier alpha value is -6.38. The number of hydrogen-bond donors (Lipinski definition) is 0. The van der Waals surface area contributed by atoms with Crippen LogP contribution in [0.4, 0.5) is 17.1 Å². The quantitative estimate of drug-likeness (QED) is 0.180. The highest BCUT2D eigenvalue weighted by Crippen LogP contribution is 2.55. The van der Waals surface area contributed by atoms with Gasteiger partial charge in [-0.05, 0) is 81.2 Å². The van der Waals surface area contributed by atoms with Gasteiger partial charge in [0.05, 0.1) is 22.4 Å². The lowest BCUT2D eigenvalue weighted by Gasteiger charge is -2.33. The summed E-state index contributed by atoms with van der Waals surface area (Å²) in [6.45, 7) is 4.76. The molecule has 51 heavy (non-hydrogen) atoms. The first-order valence-electron chi connectivity index (χ1n) is 17.8. The summed E-state index contributed by atoms with van der Waals surface area (Å²) in [5, 5.41) is 4.93. The van der Waals surface area contributed by atoms with Gasteiger partial charge in [-0.3, -0.25) is 0 Å². The normalized spacial score (nSPS) is 13.1. The van der Waals surface area contributed by atoms with Gasteiger partial charge in [0.15, 0.2) is 0 Å². The van der Waals surface area contributed by atoms with E-state index in [1.54, 1.807) is 0 Å². The Morgan fingerprint density at radius 3 is 1.84 bits per heavy atom. The van der Waals surface area contributed by atoms with Crippen molar-refractivity contribution in [1.82, 2.24) is 4.57 Å². The number of rotatable bonds is 5. The van der Waals surface area contributed by atoms with Crippen molar-refractivity contribution in [3.05, 3.63) is 193 Å². The number of hydrogen-bond acceptors (Lipinski definition) is 1. The van der Waals surface area contributed by atoms with E-state index in [2.05, 4.69) is 205 Å². The van der Waals surface area contributed by atoms with Crippen LogP contribution in [0, 0.1) is 0 Å². The van der Waals surface area contributed by atoms with Gasteiger partial charge in [0, 0.05) is 32.9 Å². The van der Waals surface area contributed by atoms with Crippen molar-refractivity contribution in [3.8, 4) is 27.9 Å². The minimum absolute atomic E-state index is 0.196. The molecule has 0 spiro atoms. The van der Waals surface area contributed by atoms with Crippen LogP contribution in [0.3, 0.4) is 0 Å². The largest absolute Gasteiger partial charge is 0.309 e. The zero-order chi connectivity index (χ0) is 34.1. The maximum Gasteiger partial charge on any atom is 0.0561 e. The molecule has 0 atom stereocenters. The highest BCUT2D eigenvalue weighted by molar-refractivity contribution is 6.10. The number of para-hydroxylation sites is 2. The second kappa shape index (κ2) is 11.3. The Morgan fingerprint density at radius 2 is 1.06 bits per heavy atom. The van der Waals surface area contributed by atoms with E-state index in [9.17, 15) is 0 Å². The van der Waals surface area contributed by atoms with Crippen LogP contribution < -0.4 is 4.90 Å². The molecule has 1 aromatic heterocycles. The van der Waals surface area contributed by atoms with E-state index in [0.717, 1.165) is 17.1 Å². The minimum Gasteiger partial charge on any atom is -0.309 e. The zero-order valence-corrected chi connectivity index (χ0v) is 28.7. The molecule has 1 heterocycles. The average molecular weight is 653 g/mol. The van der Waals surface area contributed by atoms with E-state index in [-0.39, 0.29) is 5.41 Å². The Labute approximate surface area is 298 Å². The highest BCUT2D eigenvalue weighted by atomic mass is 15.2. The molecule has 0 saturated carbocycles. The first kappa shape index (κ1) is 29.5. The lowest BCUT2D eigenvalue weighted by atomic mass is 9.81. The maximum absolute atomic E-state index is 2.53. The van der Waals surface area contributed by atoms with Gasteiger partial charge >= 0.3 is 0 Å². The summed E-state index contributed by atoms with van der Waals surface area (Å²) in [4.78, 5) is 2.53. The molecule has 0 unspecified atom stereocenters. The van der Waals surface area contributed by atoms with Gasteiger partial charge in [-0.15, -0.1) is 0 Å². The summed E-state index contributed by atoms with van der Waals surface area (Å²) >= 11 is 0. The molecule has 0 bridgehead atoms. The third-order valence-electron chi connectivity index (χ3n) is 10.9. The molecule has 0 N–H and O–H groups in total. The first-order chi connectivity index (χ1) is 25.1. The predicted molar refractivity (Wildman–Crippen MR) is 216 cm³/mol. The summed E-state index contributed by atoms with van der Waals surface area (Å²) in [6.07, 6.45) is 0. The molecule has 0 amide bonds. The predicted octanol–water partition coefficient (Wildman–Crippen LogP) is 13.4. The lowest BCUT2D eigenvalue weighted by molar-refractivity contribution is 0.661. The smallest absolute Gasteiger partial charge is 0.0561 e. The van der Waals surface area contributed by atoms with E-state index in [1.165, 1.54) is 71.6 Å². The molecule has 0 saturated heterocycles. The molecule has 8 aromatic carbocycles. The van der Waals surface area contributed by atoms with Crippen LogP contribution in [0.25, 0.3) is 60.5 Å². The standard InChI is InChI=1S/C49H36N2/c1-49(2)43-26-11-8-22-39(43)42-25-15-29-46(48(42)49)50(36-20-14-19-34(30-36)33-16-4-3-5-17-33)47-32-37(31-35-18-6-7-21-38(35)47)51-44-27-12-9-23-40(44)41-24-10-13-28-45(41)51/h3-32H,1-2H3. The Morgan fingerprint density at radius 1 is 0.451 bits per heavy atom. The number of nitrogens with zero attached hydrogens (tertiary/aromatic N) is 2. The van der Waals surface area contributed by atoms with E-state index >= 15 is 0 Å². The topological polar surface area (TPSA) is 8.17 Å². The molecule has 0 fully saturated rings. The Bertz CT molecular complexity index is 2730. The molecular weight excluding hydrogens is 617 g/mol. The molecule has 1 aliphatic carbocycles. The van der Waals surface area contributed by atoms with Crippen LogP contribution in [-0.4, -0.2) is 4.57 Å². The van der Waals surface area contributed by atoms with Crippen molar-refractivity contribution >= 4 is 49.6 Å². The third kappa shape index (κ3) is 4.50. The van der Waals surface area contributed by atoms with Crippen molar-refractivity contribution in [3.63, 3.8) is 0 Å². The van der Waals surface area contributed by atoms with Gasteiger partial charge in [-0.25, -0.2) is 0 Å². The summed E-state index contributed by atoms with van der Waals surface area (Å²) in [5.74, 6) is 0. The second-order valence-electron chi connectivity index (χ2n) is 14.2. The molecule has 0 aliphatic heterocycles. The molecule has 242 valence electrons. The van der Waals surface area contributed by atoms with Gasteiger partial charge in [0.1, 0.15) is 0 Å². The first-order valence-corrected chi connectivity index (χ1v) is 17.8. The number of fused-ring (bicyclic) bond motifs is 7. The summed E-state index contributed by atoms with van der Waals surface area (Å²) < 4.78 is 2.44. The fraction of sp³-hybridized carbons (Fsp3) is 0.0612. The maximum atomic E-state index is 2.53. The average Bonchev–Trinajstić information content (AvgIpc) is 3.64. The number of aromatic nitrogens is 1. The molecule has 1 aliphatic rings. The minimum atomic E-state index is -0.196. The van der Waals surface area contributed by atoms with Gasteiger partial charge < -0.3 is 9.47 Å². The van der Waals surface area contributed by atoms with Gasteiger partial charge in [0.25, 0.3) is 0 Å². The van der Waals surface area contributed by atoms with Gasteiger partial charge in [0.2, 0.25) is 0 Å². The molecular formula is C49H36N2. The van der Waals surface area contributed by atoms with E-state index in [1.807, 2.05) is 0 Å². The highest BCUT2D eigenvalue weighted by Gasteiger charge is 2.39. The molecule has 2 heteroatoms. The fourth-order valence-electron chi connectivity index (χ4n) is 8.66. The van der Waals surface area contributed by atoms with Crippen LogP contribution in [0.15, 0.2) is 182 Å². The van der Waals surface area contributed by atoms with Crippen LogP contribution >= 0.6 is 0 Å². The molecule has 10 rings (SSSR count). The Kier molecular flexibility index (Phi) is 6.56. The van der Waals surface area contributed by atoms with E-state index in [0.29, 0.717) is 0 Å². The van der Waals surface area contributed by atoms with Crippen LogP contribution in [0.1, 0.15) is 25.0 Å². The van der Waals surface area contributed by atoms with Crippen LogP contribution in [0.2, 0.25) is 0 Å². The second-order valence-corrected chi connectivity index (χ2v) is 14.2. The number of anilines is 3. The molecule has 9 aromatic rings. The van der Waals surface area contributed by atoms with Crippen LogP contribution in [0.5, 0.6) is 0 Å². The zero-order valence-electron chi connectivity index (χ0n) is 28.7. The number of benzene rings is 8. The van der Waals surface area contributed by atoms with Crippen molar-refractivity contribution < 1.29 is 0 Å². The third-order valence-corrected chi connectivity index (χ3v) is 10.9. The lowest BCUT2D eigenvalue weighted by Crippen LogP contribution is -2.21. The SMILES string of the molecule is CC1(C)c2ccccc2-c2cccc(N(c3cccc(-c4ccccc4)c3)c3cc(-n4c5ccccc5c5ccccc54)cc4ccccc34)c21. The monoisotopic (exact) mass is 652 g/mol. The summed E-state index contributed by atoms with van der Waals surface area (Å²) in [6, 6.07) is 66.7. The Balaban J connectivity index is 1.30. The van der Waals surface area contributed by atoms with Crippen molar-refractivity contribution in [2.24, 2.45) is 0 Å². The van der Waals surface area contributed by atoms with Crippen molar-refractivity contribution in [1.29, 1.82) is 0 Å². The van der Waals surface area contributed by atoms with Crippen molar-refractivity contribution in [2.75, 3.05) is 4.90 Å². The van der Waals surface area contributed by atoms with Crippen molar-refractivity contribution in [2.45, 2.75) is 19.3 Å². The van der Waals surface area contributed by atoms with Crippen LogP contribution in [-0.2, 0) is 5.41 Å². The summed E-state index contributed by atoms with van der Waals surface area (Å²) in [5.41, 5.74) is 14.6. The molecule has 0 radical (unpaired) electrons.